The third-order valence-corrected chi connectivity index (χ3v) is 2.57. The van der Waals surface area contributed by atoms with Gasteiger partial charge in [-0.05, 0) is 0 Å². The van der Waals surface area contributed by atoms with E-state index in [9.17, 15) is 5.11 Å². The number of hydrogen-bond donors (Lipinski definition) is 2. The average Bonchev–Trinajstić information content (AvgIpc) is 2.38. The minimum absolute atomic E-state index is 0.314. The van der Waals surface area contributed by atoms with Crippen LogP contribution in [0.5, 0.6) is 0 Å². The minimum atomic E-state index is -0.530. The number of aromatic nitrogens is 2. The van der Waals surface area contributed by atoms with E-state index in [1.54, 1.807) is 7.11 Å². The maximum Gasteiger partial charge on any atom is 0.134 e. The lowest BCUT2D eigenvalue weighted by Gasteiger charge is -2.22. The number of aryl methyl sites for hydroxylation is 1. The highest BCUT2D eigenvalue weighted by molar-refractivity contribution is 5.48. The molecule has 0 aromatic carbocycles. The van der Waals surface area contributed by atoms with Gasteiger partial charge in [0, 0.05) is 40.2 Å². The normalized spacial score (nSPS) is 12.3. The second-order valence-electron chi connectivity index (χ2n) is 4.12. The number of rotatable bonds is 7. The highest BCUT2D eigenvalue weighted by atomic mass is 16.5. The lowest BCUT2D eigenvalue weighted by Crippen LogP contribution is -2.32. The van der Waals surface area contributed by atoms with Gasteiger partial charge in [0.15, 0.2) is 0 Å². The highest BCUT2D eigenvalue weighted by Crippen LogP contribution is 2.15. The fraction of sp³-hybridized carbons (Fsp3) is 0.667. The third kappa shape index (κ3) is 4.12. The maximum atomic E-state index is 9.71. The van der Waals surface area contributed by atoms with E-state index in [2.05, 4.69) is 15.3 Å². The Hall–Kier alpha value is -1.40. The van der Waals surface area contributed by atoms with Crippen molar-refractivity contribution in [2.24, 2.45) is 0 Å². The van der Waals surface area contributed by atoms with E-state index in [0.717, 1.165) is 23.9 Å². The van der Waals surface area contributed by atoms with Gasteiger partial charge in [-0.2, -0.15) is 0 Å². The van der Waals surface area contributed by atoms with Crippen molar-refractivity contribution in [1.82, 2.24) is 9.97 Å². The standard InChI is InChI=1S/C12H22N4O2/c1-5-10-14-11(13-2)6-12(15-10)16(3)7-9(17)8-18-4/h6,9,17H,5,7-8H2,1-4H3,(H,13,14,15). The summed E-state index contributed by atoms with van der Waals surface area (Å²) in [6, 6.07) is 1.86. The van der Waals surface area contributed by atoms with E-state index < -0.39 is 6.10 Å². The van der Waals surface area contributed by atoms with E-state index in [4.69, 9.17) is 4.74 Å². The second-order valence-corrected chi connectivity index (χ2v) is 4.12. The van der Waals surface area contributed by atoms with E-state index in [1.807, 2.05) is 32.0 Å². The summed E-state index contributed by atoms with van der Waals surface area (Å²) in [4.78, 5) is 10.7. The van der Waals surface area contributed by atoms with Gasteiger partial charge in [0.2, 0.25) is 0 Å². The molecular weight excluding hydrogens is 232 g/mol. The molecule has 0 spiro atoms. The molecule has 2 N–H and O–H groups in total. The van der Waals surface area contributed by atoms with Crippen LogP contribution >= 0.6 is 0 Å². The average molecular weight is 254 g/mol. The number of aliphatic hydroxyl groups is 1. The Morgan fingerprint density at radius 1 is 1.50 bits per heavy atom. The Bertz CT molecular complexity index is 351. The van der Waals surface area contributed by atoms with Crippen LogP contribution < -0.4 is 10.2 Å². The Morgan fingerprint density at radius 2 is 2.22 bits per heavy atom. The van der Waals surface area contributed by atoms with Gasteiger partial charge in [0.25, 0.3) is 0 Å². The van der Waals surface area contributed by atoms with Gasteiger partial charge in [-0.3, -0.25) is 0 Å². The van der Waals surface area contributed by atoms with Gasteiger partial charge in [-0.25, -0.2) is 9.97 Å². The number of aliphatic hydroxyl groups excluding tert-OH is 1. The van der Waals surface area contributed by atoms with Crippen LogP contribution in [0.4, 0.5) is 11.6 Å². The summed E-state index contributed by atoms with van der Waals surface area (Å²) < 4.78 is 4.91. The zero-order valence-electron chi connectivity index (χ0n) is 11.5. The van der Waals surface area contributed by atoms with E-state index in [1.165, 1.54) is 0 Å². The summed E-state index contributed by atoms with van der Waals surface area (Å²) in [5.74, 6) is 2.36. The first kappa shape index (κ1) is 14.7. The molecule has 0 aliphatic carbocycles. The molecule has 0 bridgehead atoms. The number of nitrogens with one attached hydrogen (secondary N) is 1. The molecule has 0 aliphatic heterocycles. The molecule has 0 radical (unpaired) electrons. The molecule has 0 saturated heterocycles. The molecule has 1 heterocycles. The van der Waals surface area contributed by atoms with Gasteiger partial charge >= 0.3 is 0 Å². The zero-order valence-corrected chi connectivity index (χ0v) is 11.5. The Balaban J connectivity index is 2.80. The van der Waals surface area contributed by atoms with Crippen LogP contribution in [0.3, 0.4) is 0 Å². The molecule has 6 nitrogen and oxygen atoms in total. The zero-order chi connectivity index (χ0) is 13.5. The molecule has 0 aliphatic rings. The van der Waals surface area contributed by atoms with Crippen LogP contribution in [0, 0.1) is 0 Å². The van der Waals surface area contributed by atoms with Crippen LogP contribution in [0.1, 0.15) is 12.7 Å². The first-order valence-electron chi connectivity index (χ1n) is 6.04. The van der Waals surface area contributed by atoms with Crippen LogP contribution in [0.25, 0.3) is 0 Å². The topological polar surface area (TPSA) is 70.5 Å². The van der Waals surface area contributed by atoms with Crippen molar-refractivity contribution in [2.45, 2.75) is 19.4 Å². The largest absolute Gasteiger partial charge is 0.389 e. The number of methoxy groups -OCH3 is 1. The van der Waals surface area contributed by atoms with Crippen molar-refractivity contribution in [3.05, 3.63) is 11.9 Å². The Morgan fingerprint density at radius 3 is 2.78 bits per heavy atom. The Kier molecular flexibility index (Phi) is 5.80. The van der Waals surface area contributed by atoms with Crippen LogP contribution in [0.15, 0.2) is 6.07 Å². The molecule has 0 fully saturated rings. The van der Waals surface area contributed by atoms with Crippen molar-refractivity contribution < 1.29 is 9.84 Å². The van der Waals surface area contributed by atoms with Crippen molar-refractivity contribution in [1.29, 1.82) is 0 Å². The van der Waals surface area contributed by atoms with E-state index in [0.29, 0.717) is 13.2 Å². The van der Waals surface area contributed by atoms with E-state index >= 15 is 0 Å². The predicted molar refractivity (Wildman–Crippen MR) is 72.1 cm³/mol. The summed E-state index contributed by atoms with van der Waals surface area (Å²) in [6.45, 7) is 2.80. The SMILES string of the molecule is CCc1nc(NC)cc(N(C)CC(O)COC)n1. The second kappa shape index (κ2) is 7.13. The number of hydrogen-bond acceptors (Lipinski definition) is 6. The molecule has 0 saturated carbocycles. The highest BCUT2D eigenvalue weighted by Gasteiger charge is 2.11. The van der Waals surface area contributed by atoms with Crippen molar-refractivity contribution in [2.75, 3.05) is 44.6 Å². The predicted octanol–water partition coefficient (Wildman–Crippen LogP) is 0.524. The first-order chi connectivity index (χ1) is 8.60. The van der Waals surface area contributed by atoms with Gasteiger partial charge in [-0.1, -0.05) is 6.92 Å². The number of likely N-dealkylation sites (N-methyl/N-ethyl adjacent to an activating group) is 1. The Labute approximate surface area is 108 Å². The smallest absolute Gasteiger partial charge is 0.134 e. The molecule has 1 unspecified atom stereocenters. The monoisotopic (exact) mass is 254 g/mol. The quantitative estimate of drug-likeness (QED) is 0.739. The first-order valence-corrected chi connectivity index (χ1v) is 6.04. The van der Waals surface area contributed by atoms with Gasteiger partial charge in [0.1, 0.15) is 17.5 Å². The van der Waals surface area contributed by atoms with E-state index in [-0.39, 0.29) is 0 Å². The maximum absolute atomic E-state index is 9.71. The molecule has 1 aromatic rings. The molecule has 102 valence electrons. The molecule has 1 rings (SSSR count). The van der Waals surface area contributed by atoms with Crippen molar-refractivity contribution in [3.8, 4) is 0 Å². The van der Waals surface area contributed by atoms with Crippen molar-refractivity contribution >= 4 is 11.6 Å². The molecule has 0 amide bonds. The van der Waals surface area contributed by atoms with Crippen LogP contribution in [-0.2, 0) is 11.2 Å². The number of anilines is 2. The molecule has 1 atom stereocenters. The molecule has 6 heteroatoms. The van der Waals surface area contributed by atoms with Crippen LogP contribution in [0.2, 0.25) is 0 Å². The molecular formula is C12H22N4O2. The van der Waals surface area contributed by atoms with Crippen LogP contribution in [-0.4, -0.2) is 55.5 Å². The molecule has 18 heavy (non-hydrogen) atoms. The number of nitrogens with zero attached hydrogens (tertiary/aromatic N) is 3. The summed E-state index contributed by atoms with van der Waals surface area (Å²) in [5, 5.41) is 12.7. The minimum Gasteiger partial charge on any atom is -0.389 e. The third-order valence-electron chi connectivity index (χ3n) is 2.57. The lowest BCUT2D eigenvalue weighted by molar-refractivity contribution is 0.0694. The summed E-state index contributed by atoms with van der Waals surface area (Å²) in [5.41, 5.74) is 0. The lowest BCUT2D eigenvalue weighted by atomic mass is 10.3. The fourth-order valence-corrected chi connectivity index (χ4v) is 1.62. The number of ether oxygens (including phenoxy) is 1. The van der Waals surface area contributed by atoms with Gasteiger partial charge in [0.05, 0.1) is 12.7 Å². The van der Waals surface area contributed by atoms with Crippen molar-refractivity contribution in [3.63, 3.8) is 0 Å². The summed E-state index contributed by atoms with van der Waals surface area (Å²) >= 11 is 0. The molecule has 1 aromatic heterocycles. The van der Waals surface area contributed by atoms with Gasteiger partial charge < -0.3 is 20.1 Å². The summed E-state index contributed by atoms with van der Waals surface area (Å²) in [6.07, 6.45) is 0.245. The fourth-order valence-electron chi connectivity index (χ4n) is 1.62. The van der Waals surface area contributed by atoms with Gasteiger partial charge in [-0.15, -0.1) is 0 Å². The summed E-state index contributed by atoms with van der Waals surface area (Å²) in [7, 11) is 5.29.